The Hall–Kier alpha value is -1.59. The standard InChI is InChI=1S/C8H12N2O4/c1-3-14-8(13)5-7(12)9-4(2)6(11)10-5/h4-5H,3H2,1-2H3,(H,9,12)(H,10,11)/t4-,5-/m1/s1. The predicted molar refractivity (Wildman–Crippen MR) is 46.2 cm³/mol. The summed E-state index contributed by atoms with van der Waals surface area (Å²) >= 11 is 0. The Morgan fingerprint density at radius 3 is 2.57 bits per heavy atom. The van der Waals surface area contributed by atoms with Gasteiger partial charge in [0.15, 0.2) is 0 Å². The number of carbonyl (C=O) groups is 3. The molecule has 78 valence electrons. The van der Waals surface area contributed by atoms with Gasteiger partial charge in [-0.25, -0.2) is 4.79 Å². The highest BCUT2D eigenvalue weighted by Crippen LogP contribution is 1.98. The van der Waals surface area contributed by atoms with Crippen molar-refractivity contribution in [1.29, 1.82) is 0 Å². The molecule has 0 aromatic heterocycles. The Labute approximate surface area is 81.0 Å². The van der Waals surface area contributed by atoms with Gasteiger partial charge < -0.3 is 15.4 Å². The van der Waals surface area contributed by atoms with Gasteiger partial charge in [-0.1, -0.05) is 0 Å². The Kier molecular flexibility index (Phi) is 3.06. The van der Waals surface area contributed by atoms with Crippen LogP contribution in [0.4, 0.5) is 0 Å². The van der Waals surface area contributed by atoms with Crippen LogP contribution in [0.1, 0.15) is 13.8 Å². The van der Waals surface area contributed by atoms with Gasteiger partial charge in [-0.05, 0) is 13.8 Å². The molecule has 0 aliphatic carbocycles. The number of hydrogen-bond acceptors (Lipinski definition) is 4. The van der Waals surface area contributed by atoms with Gasteiger partial charge in [0.1, 0.15) is 6.04 Å². The zero-order valence-corrected chi connectivity index (χ0v) is 7.99. The van der Waals surface area contributed by atoms with Gasteiger partial charge in [0.2, 0.25) is 11.9 Å². The molecule has 0 saturated carbocycles. The van der Waals surface area contributed by atoms with E-state index in [2.05, 4.69) is 15.4 Å². The normalized spacial score (nSPS) is 26.4. The second-order valence-electron chi connectivity index (χ2n) is 2.92. The summed E-state index contributed by atoms with van der Waals surface area (Å²) < 4.78 is 4.62. The Balaban J connectivity index is 2.66. The number of amides is 2. The Bertz CT molecular complexity index is 269. The lowest BCUT2D eigenvalue weighted by atomic mass is 10.1. The van der Waals surface area contributed by atoms with Crippen LogP contribution in [0.3, 0.4) is 0 Å². The van der Waals surface area contributed by atoms with E-state index in [1.54, 1.807) is 6.92 Å². The highest BCUT2D eigenvalue weighted by molar-refractivity contribution is 6.09. The zero-order valence-electron chi connectivity index (χ0n) is 7.99. The maximum absolute atomic E-state index is 11.2. The van der Waals surface area contributed by atoms with Gasteiger partial charge in [0, 0.05) is 0 Å². The van der Waals surface area contributed by atoms with Crippen LogP contribution in [0.25, 0.3) is 0 Å². The van der Waals surface area contributed by atoms with Crippen molar-refractivity contribution >= 4 is 17.8 Å². The third kappa shape index (κ3) is 2.01. The van der Waals surface area contributed by atoms with E-state index in [1.165, 1.54) is 6.92 Å². The SMILES string of the molecule is CCOC(=O)[C@@H]1NC(=O)[C@@H](C)NC1=O. The van der Waals surface area contributed by atoms with E-state index >= 15 is 0 Å². The van der Waals surface area contributed by atoms with Crippen LogP contribution >= 0.6 is 0 Å². The number of carbonyl (C=O) groups excluding carboxylic acids is 3. The average molecular weight is 200 g/mol. The van der Waals surface area contributed by atoms with Gasteiger partial charge in [-0.3, -0.25) is 9.59 Å². The van der Waals surface area contributed by atoms with E-state index in [4.69, 9.17) is 0 Å². The van der Waals surface area contributed by atoms with Crippen LogP contribution in [-0.4, -0.2) is 36.5 Å². The fourth-order valence-electron chi connectivity index (χ4n) is 1.09. The molecule has 1 fully saturated rings. The molecule has 2 N–H and O–H groups in total. The van der Waals surface area contributed by atoms with Gasteiger partial charge in [-0.2, -0.15) is 0 Å². The summed E-state index contributed by atoms with van der Waals surface area (Å²) in [5.74, 6) is -1.65. The molecule has 1 aliphatic heterocycles. The number of hydrogen-bond donors (Lipinski definition) is 2. The van der Waals surface area contributed by atoms with Crippen molar-refractivity contribution in [2.45, 2.75) is 25.9 Å². The van der Waals surface area contributed by atoms with Gasteiger partial charge >= 0.3 is 5.97 Å². The van der Waals surface area contributed by atoms with E-state index < -0.39 is 24.0 Å². The van der Waals surface area contributed by atoms with Crippen molar-refractivity contribution in [2.75, 3.05) is 6.61 Å². The van der Waals surface area contributed by atoms with Crippen molar-refractivity contribution in [2.24, 2.45) is 0 Å². The molecule has 0 aromatic carbocycles. The Morgan fingerprint density at radius 2 is 2.00 bits per heavy atom. The molecule has 0 unspecified atom stereocenters. The summed E-state index contributed by atoms with van der Waals surface area (Å²) in [7, 11) is 0. The molecule has 6 nitrogen and oxygen atoms in total. The monoisotopic (exact) mass is 200 g/mol. The summed E-state index contributed by atoms with van der Waals surface area (Å²) in [6.07, 6.45) is 0. The van der Waals surface area contributed by atoms with Crippen LogP contribution in [0.5, 0.6) is 0 Å². The lowest BCUT2D eigenvalue weighted by Crippen LogP contribution is -2.63. The molecule has 1 rings (SSSR count). The maximum atomic E-state index is 11.2. The highest BCUT2D eigenvalue weighted by atomic mass is 16.5. The van der Waals surface area contributed by atoms with E-state index in [9.17, 15) is 14.4 Å². The molecule has 1 aliphatic rings. The van der Waals surface area contributed by atoms with Crippen LogP contribution in [0.2, 0.25) is 0 Å². The van der Waals surface area contributed by atoms with Crippen LogP contribution < -0.4 is 10.6 Å². The van der Waals surface area contributed by atoms with E-state index in [0.29, 0.717) is 0 Å². The van der Waals surface area contributed by atoms with Crippen LogP contribution in [0.15, 0.2) is 0 Å². The predicted octanol–water partition coefficient (Wildman–Crippen LogP) is -1.45. The lowest BCUT2D eigenvalue weighted by Gasteiger charge is -2.25. The summed E-state index contributed by atoms with van der Waals surface area (Å²) in [5.41, 5.74) is 0. The number of esters is 1. The highest BCUT2D eigenvalue weighted by Gasteiger charge is 2.36. The molecule has 0 bridgehead atoms. The summed E-state index contributed by atoms with van der Waals surface area (Å²) in [4.78, 5) is 33.5. The molecule has 0 aromatic rings. The van der Waals surface area contributed by atoms with Crippen molar-refractivity contribution < 1.29 is 19.1 Å². The quantitative estimate of drug-likeness (QED) is 0.422. The third-order valence-electron chi connectivity index (χ3n) is 1.82. The average Bonchev–Trinajstić information content (AvgIpc) is 2.11. The molecule has 14 heavy (non-hydrogen) atoms. The van der Waals surface area contributed by atoms with Crippen LogP contribution in [0, 0.1) is 0 Å². The zero-order chi connectivity index (χ0) is 10.7. The molecular formula is C8H12N2O4. The summed E-state index contributed by atoms with van der Waals surface area (Å²) in [5, 5.41) is 4.64. The topological polar surface area (TPSA) is 84.5 Å². The first-order valence-corrected chi connectivity index (χ1v) is 4.33. The van der Waals surface area contributed by atoms with E-state index in [-0.39, 0.29) is 12.5 Å². The first kappa shape index (κ1) is 10.5. The minimum atomic E-state index is -1.21. The fourth-order valence-corrected chi connectivity index (χ4v) is 1.09. The second-order valence-corrected chi connectivity index (χ2v) is 2.92. The van der Waals surface area contributed by atoms with Crippen LogP contribution in [-0.2, 0) is 19.1 Å². The molecule has 2 atom stereocenters. The molecule has 2 amide bonds. The Morgan fingerprint density at radius 1 is 1.36 bits per heavy atom. The molecule has 1 heterocycles. The number of ether oxygens (including phenoxy) is 1. The van der Waals surface area contributed by atoms with Gasteiger partial charge in [-0.15, -0.1) is 0 Å². The number of nitrogens with one attached hydrogen (secondary N) is 2. The van der Waals surface area contributed by atoms with Gasteiger partial charge in [0.05, 0.1) is 6.61 Å². The first-order valence-electron chi connectivity index (χ1n) is 4.33. The van der Waals surface area contributed by atoms with Crippen molar-refractivity contribution in [3.63, 3.8) is 0 Å². The lowest BCUT2D eigenvalue weighted by molar-refractivity contribution is -0.153. The maximum Gasteiger partial charge on any atom is 0.338 e. The van der Waals surface area contributed by atoms with E-state index in [1.807, 2.05) is 0 Å². The first-order chi connectivity index (χ1) is 6.56. The summed E-state index contributed by atoms with van der Waals surface area (Å²) in [6, 6.07) is -1.81. The smallest absolute Gasteiger partial charge is 0.338 e. The minimum absolute atomic E-state index is 0.175. The fraction of sp³-hybridized carbons (Fsp3) is 0.625. The minimum Gasteiger partial charge on any atom is -0.464 e. The molecule has 0 radical (unpaired) electrons. The summed E-state index contributed by atoms with van der Waals surface area (Å²) in [6.45, 7) is 3.34. The number of piperazine rings is 1. The largest absolute Gasteiger partial charge is 0.464 e. The van der Waals surface area contributed by atoms with Crippen molar-refractivity contribution in [3.05, 3.63) is 0 Å². The van der Waals surface area contributed by atoms with Crippen molar-refractivity contribution in [3.8, 4) is 0 Å². The second kappa shape index (κ2) is 4.08. The molecule has 6 heteroatoms. The molecule has 0 spiro atoms. The van der Waals surface area contributed by atoms with E-state index in [0.717, 1.165) is 0 Å². The third-order valence-corrected chi connectivity index (χ3v) is 1.82. The molecule has 1 saturated heterocycles. The number of rotatable bonds is 2. The molecular weight excluding hydrogens is 188 g/mol. The van der Waals surface area contributed by atoms with Gasteiger partial charge in [0.25, 0.3) is 5.91 Å². The van der Waals surface area contributed by atoms with Crippen molar-refractivity contribution in [1.82, 2.24) is 10.6 Å².